The zero-order valence-corrected chi connectivity index (χ0v) is 8.94. The van der Waals surface area contributed by atoms with Gasteiger partial charge in [0.15, 0.2) is 4.90 Å². The van der Waals surface area contributed by atoms with Crippen molar-refractivity contribution in [2.75, 3.05) is 11.5 Å². The lowest BCUT2D eigenvalue weighted by Gasteiger charge is -1.96. The molecule has 1 aromatic carbocycles. The lowest BCUT2D eigenvalue weighted by atomic mass is 10.2. The van der Waals surface area contributed by atoms with Crippen LogP contribution in [0.2, 0.25) is 0 Å². The lowest BCUT2D eigenvalue weighted by Crippen LogP contribution is -2.02. The molecule has 0 aliphatic carbocycles. The van der Waals surface area contributed by atoms with Crippen LogP contribution in [0.25, 0.3) is 10.9 Å². The molecule has 0 spiro atoms. The second-order valence-corrected chi connectivity index (χ2v) is 6.05. The van der Waals surface area contributed by atoms with Crippen LogP contribution in [0.4, 0.5) is 0 Å². The van der Waals surface area contributed by atoms with Crippen molar-refractivity contribution in [1.82, 2.24) is 4.98 Å². The number of benzene rings is 1. The Balaban J connectivity index is 2.11. The Kier molecular flexibility index (Phi) is 2.02. The van der Waals surface area contributed by atoms with Crippen LogP contribution >= 0.6 is 0 Å². The number of aromatic nitrogens is 1. The minimum atomic E-state index is 0.535. The zero-order valence-electron chi connectivity index (χ0n) is 8.12. The summed E-state index contributed by atoms with van der Waals surface area (Å²) in [7, 11) is 0.535. The topological polar surface area (TPSA) is 15.8 Å². The molecule has 1 aromatic heterocycles. The largest absolute Gasteiger partial charge is 0.357 e. The molecule has 1 fully saturated rings. The summed E-state index contributed by atoms with van der Waals surface area (Å²) >= 11 is 0. The number of para-hydroxylation sites is 1. The Morgan fingerprint density at radius 1 is 1.07 bits per heavy atom. The van der Waals surface area contributed by atoms with E-state index in [1.807, 2.05) is 0 Å². The molecule has 1 aliphatic rings. The first-order valence-electron chi connectivity index (χ1n) is 5.19. The van der Waals surface area contributed by atoms with Gasteiger partial charge in [-0.2, -0.15) is 0 Å². The molecular weight excluding hydrogens is 190 g/mol. The van der Waals surface area contributed by atoms with Crippen LogP contribution < -0.4 is 0 Å². The van der Waals surface area contributed by atoms with E-state index in [1.165, 1.54) is 35.3 Å². The van der Waals surface area contributed by atoms with Gasteiger partial charge in [-0.1, -0.05) is 12.1 Å². The first-order chi connectivity index (χ1) is 6.95. The molecule has 0 saturated carbocycles. The number of rotatable bonds is 1. The molecule has 1 N–H and O–H groups in total. The molecule has 2 aromatic rings. The number of hydrogen-bond acceptors (Lipinski definition) is 0. The summed E-state index contributed by atoms with van der Waals surface area (Å²) in [5.74, 6) is 2.81. The third-order valence-electron chi connectivity index (χ3n) is 2.89. The third kappa shape index (κ3) is 1.25. The fourth-order valence-corrected chi connectivity index (χ4v) is 4.62. The van der Waals surface area contributed by atoms with E-state index in [2.05, 4.69) is 35.4 Å². The summed E-state index contributed by atoms with van der Waals surface area (Å²) in [5.41, 5.74) is 1.29. The molecule has 0 amide bonds. The van der Waals surface area contributed by atoms with Crippen LogP contribution in [0, 0.1) is 0 Å². The van der Waals surface area contributed by atoms with Gasteiger partial charge in [-0.25, -0.2) is 0 Å². The Labute approximate surface area is 86.9 Å². The fourth-order valence-electron chi connectivity index (χ4n) is 2.16. The smallest absolute Gasteiger partial charge is 0.180 e. The first-order valence-corrected chi connectivity index (χ1v) is 6.75. The normalized spacial score (nSPS) is 18.0. The van der Waals surface area contributed by atoms with E-state index in [0.29, 0.717) is 10.9 Å². The maximum absolute atomic E-state index is 3.37. The van der Waals surface area contributed by atoms with E-state index in [9.17, 15) is 0 Å². The van der Waals surface area contributed by atoms with Crippen LogP contribution in [-0.2, 0) is 10.9 Å². The van der Waals surface area contributed by atoms with Gasteiger partial charge in [0.05, 0.1) is 17.1 Å². The van der Waals surface area contributed by atoms with Gasteiger partial charge in [-0.3, -0.25) is 0 Å². The molecule has 1 nitrogen and oxygen atoms in total. The van der Waals surface area contributed by atoms with Crippen LogP contribution in [0.3, 0.4) is 0 Å². The average molecular weight is 204 g/mol. The van der Waals surface area contributed by atoms with Crippen molar-refractivity contribution >= 4 is 21.8 Å². The standard InChI is InChI=1S/C12H14NS/c1-2-6-11-10(5-1)12(9-13-11)14-7-3-4-8-14/h1-2,5-6,9,13H,3-4,7-8H2/q+1. The van der Waals surface area contributed by atoms with Crippen molar-refractivity contribution in [1.29, 1.82) is 0 Å². The van der Waals surface area contributed by atoms with E-state index >= 15 is 0 Å². The maximum Gasteiger partial charge on any atom is 0.180 e. The van der Waals surface area contributed by atoms with Crippen molar-refractivity contribution in [3.8, 4) is 0 Å². The van der Waals surface area contributed by atoms with E-state index in [-0.39, 0.29) is 0 Å². The van der Waals surface area contributed by atoms with Gasteiger partial charge in [0, 0.05) is 10.9 Å². The van der Waals surface area contributed by atoms with Crippen molar-refractivity contribution in [2.45, 2.75) is 17.7 Å². The monoisotopic (exact) mass is 204 g/mol. The number of aromatic amines is 1. The first kappa shape index (κ1) is 8.42. The second kappa shape index (κ2) is 3.35. The van der Waals surface area contributed by atoms with E-state index in [1.54, 1.807) is 4.90 Å². The lowest BCUT2D eigenvalue weighted by molar-refractivity contribution is 0.949. The van der Waals surface area contributed by atoms with E-state index < -0.39 is 0 Å². The van der Waals surface area contributed by atoms with Gasteiger partial charge >= 0.3 is 0 Å². The van der Waals surface area contributed by atoms with Crippen molar-refractivity contribution in [3.05, 3.63) is 30.5 Å². The van der Waals surface area contributed by atoms with Gasteiger partial charge in [0.2, 0.25) is 0 Å². The second-order valence-electron chi connectivity index (χ2n) is 3.81. The molecule has 2 heteroatoms. The minimum Gasteiger partial charge on any atom is -0.357 e. The Morgan fingerprint density at radius 3 is 2.71 bits per heavy atom. The van der Waals surface area contributed by atoms with Crippen molar-refractivity contribution in [2.24, 2.45) is 0 Å². The molecule has 0 bridgehead atoms. The highest BCUT2D eigenvalue weighted by molar-refractivity contribution is 7.97. The van der Waals surface area contributed by atoms with Gasteiger partial charge in [-0.15, -0.1) is 0 Å². The summed E-state index contributed by atoms with van der Waals surface area (Å²) in [4.78, 5) is 4.94. The molecule has 3 rings (SSSR count). The quantitative estimate of drug-likeness (QED) is 0.687. The molecule has 0 unspecified atom stereocenters. The molecule has 72 valence electrons. The van der Waals surface area contributed by atoms with Crippen molar-refractivity contribution in [3.63, 3.8) is 0 Å². The molecule has 1 aliphatic heterocycles. The Morgan fingerprint density at radius 2 is 1.86 bits per heavy atom. The van der Waals surface area contributed by atoms with Crippen molar-refractivity contribution < 1.29 is 0 Å². The molecule has 1 saturated heterocycles. The third-order valence-corrected chi connectivity index (χ3v) is 5.42. The van der Waals surface area contributed by atoms with Gasteiger partial charge in [0.1, 0.15) is 11.5 Å². The van der Waals surface area contributed by atoms with Crippen LogP contribution in [0.5, 0.6) is 0 Å². The Hall–Kier alpha value is -0.890. The SMILES string of the molecule is c1ccc2c([S+]3CCCC3)c[nH]c2c1. The summed E-state index contributed by atoms with van der Waals surface area (Å²) < 4.78 is 0. The summed E-state index contributed by atoms with van der Waals surface area (Å²) in [6.07, 6.45) is 5.06. The highest BCUT2D eigenvalue weighted by Crippen LogP contribution is 2.29. The van der Waals surface area contributed by atoms with Crippen LogP contribution in [0.1, 0.15) is 12.8 Å². The summed E-state index contributed by atoms with van der Waals surface area (Å²) in [6.45, 7) is 0. The van der Waals surface area contributed by atoms with Crippen LogP contribution in [-0.4, -0.2) is 16.5 Å². The number of nitrogens with one attached hydrogen (secondary N) is 1. The molecule has 2 heterocycles. The summed E-state index contributed by atoms with van der Waals surface area (Å²) in [5, 5.41) is 1.44. The number of fused-ring (bicyclic) bond motifs is 1. The fraction of sp³-hybridized carbons (Fsp3) is 0.333. The molecule has 0 radical (unpaired) electrons. The highest BCUT2D eigenvalue weighted by atomic mass is 32.2. The van der Waals surface area contributed by atoms with Crippen LogP contribution in [0.15, 0.2) is 35.4 Å². The highest BCUT2D eigenvalue weighted by Gasteiger charge is 2.29. The van der Waals surface area contributed by atoms with E-state index in [0.717, 1.165) is 0 Å². The maximum atomic E-state index is 3.37. The van der Waals surface area contributed by atoms with Gasteiger partial charge < -0.3 is 4.98 Å². The molecular formula is C12H14NS+. The van der Waals surface area contributed by atoms with Gasteiger partial charge in [-0.05, 0) is 25.0 Å². The predicted molar refractivity (Wildman–Crippen MR) is 62.9 cm³/mol. The number of H-pyrrole nitrogens is 1. The van der Waals surface area contributed by atoms with E-state index in [4.69, 9.17) is 0 Å². The molecule has 0 atom stereocenters. The minimum absolute atomic E-state index is 0.535. The Bertz CT molecular complexity index is 440. The molecule has 14 heavy (non-hydrogen) atoms. The predicted octanol–water partition coefficient (Wildman–Crippen LogP) is 2.94. The van der Waals surface area contributed by atoms with Gasteiger partial charge in [0.25, 0.3) is 0 Å². The average Bonchev–Trinajstić information content (AvgIpc) is 2.85. The zero-order chi connectivity index (χ0) is 9.38. The summed E-state index contributed by atoms with van der Waals surface area (Å²) in [6, 6.07) is 8.64. The number of hydrogen-bond donors (Lipinski definition) is 1.